The molecule has 2 aromatic rings. The van der Waals surface area contributed by atoms with Gasteiger partial charge in [0.2, 0.25) is 5.91 Å². The van der Waals surface area contributed by atoms with E-state index in [0.717, 1.165) is 0 Å². The summed E-state index contributed by atoms with van der Waals surface area (Å²) in [5.41, 5.74) is 5.13. The second-order valence-corrected chi connectivity index (χ2v) is 6.74. The van der Waals surface area contributed by atoms with Gasteiger partial charge in [0.1, 0.15) is 18.1 Å². The normalized spacial score (nSPS) is 10.3. The van der Waals surface area contributed by atoms with Crippen LogP contribution in [0.1, 0.15) is 23.2 Å². The molecular weight excluding hydrogens is 419 g/mol. The Morgan fingerprint density at radius 1 is 0.931 bits per heavy atom. The van der Waals surface area contributed by atoms with Crippen molar-refractivity contribution >= 4 is 35.0 Å². The fraction of sp³-hybridized carbons (Fsp3) is 0.300. The average molecular weight is 441 g/mol. The standard InChI is InChI=1S/C20H22Cl2N2O5/c1-27-11-12-28-16-7-4-14(5-8-16)20(26)24-23-19(25)3-2-10-29-18-9-6-15(21)13-17(18)22/h4-9,13H,2-3,10-12H2,1H3,(H,23,25)(H,24,26). The minimum atomic E-state index is -0.425. The van der Waals surface area contributed by atoms with Gasteiger partial charge in [-0.15, -0.1) is 0 Å². The van der Waals surface area contributed by atoms with Crippen LogP contribution in [0.2, 0.25) is 10.0 Å². The molecule has 0 heterocycles. The first-order valence-corrected chi connectivity index (χ1v) is 9.64. The second-order valence-electron chi connectivity index (χ2n) is 5.89. The summed E-state index contributed by atoms with van der Waals surface area (Å²) in [6.07, 6.45) is 0.631. The van der Waals surface area contributed by atoms with Crippen LogP contribution in [0.25, 0.3) is 0 Å². The van der Waals surface area contributed by atoms with Crippen LogP contribution in [0, 0.1) is 0 Å². The van der Waals surface area contributed by atoms with E-state index in [1.165, 1.54) is 0 Å². The molecule has 0 aromatic heterocycles. The smallest absolute Gasteiger partial charge is 0.269 e. The third kappa shape index (κ3) is 8.19. The average Bonchev–Trinajstić information content (AvgIpc) is 2.71. The van der Waals surface area contributed by atoms with Crippen molar-refractivity contribution in [3.63, 3.8) is 0 Å². The number of hydrogen-bond acceptors (Lipinski definition) is 5. The molecule has 2 amide bonds. The Morgan fingerprint density at radius 3 is 2.38 bits per heavy atom. The van der Waals surface area contributed by atoms with Crippen LogP contribution < -0.4 is 20.3 Å². The summed E-state index contributed by atoms with van der Waals surface area (Å²) in [6.45, 7) is 1.20. The number of amides is 2. The molecule has 0 fully saturated rings. The van der Waals surface area contributed by atoms with Gasteiger partial charge in [0.15, 0.2) is 0 Å². The van der Waals surface area contributed by atoms with Gasteiger partial charge in [0, 0.05) is 24.1 Å². The molecule has 0 saturated carbocycles. The molecule has 0 aliphatic rings. The van der Waals surface area contributed by atoms with E-state index in [2.05, 4.69) is 10.9 Å². The molecule has 9 heteroatoms. The zero-order chi connectivity index (χ0) is 21.1. The zero-order valence-corrected chi connectivity index (χ0v) is 17.4. The molecule has 0 aliphatic heterocycles. The predicted octanol–water partition coefficient (Wildman–Crippen LogP) is 3.64. The lowest BCUT2D eigenvalue weighted by Gasteiger charge is -2.10. The molecule has 0 bridgehead atoms. The molecule has 0 aliphatic carbocycles. The van der Waals surface area contributed by atoms with Crippen molar-refractivity contribution in [1.29, 1.82) is 0 Å². The first kappa shape index (κ1) is 22.8. The van der Waals surface area contributed by atoms with Crippen molar-refractivity contribution in [2.45, 2.75) is 12.8 Å². The quantitative estimate of drug-likeness (QED) is 0.435. The number of rotatable bonds is 10. The third-order valence-electron chi connectivity index (χ3n) is 3.69. The molecule has 0 spiro atoms. The van der Waals surface area contributed by atoms with Crippen LogP contribution in [0.3, 0.4) is 0 Å². The monoisotopic (exact) mass is 440 g/mol. The van der Waals surface area contributed by atoms with Crippen molar-refractivity contribution in [3.8, 4) is 11.5 Å². The zero-order valence-electron chi connectivity index (χ0n) is 15.9. The fourth-order valence-electron chi connectivity index (χ4n) is 2.21. The van der Waals surface area contributed by atoms with E-state index in [1.54, 1.807) is 49.6 Å². The summed E-state index contributed by atoms with van der Waals surface area (Å²) in [5.74, 6) is 0.373. The van der Waals surface area contributed by atoms with Crippen molar-refractivity contribution in [2.24, 2.45) is 0 Å². The second kappa shape index (κ2) is 12.2. The van der Waals surface area contributed by atoms with E-state index in [1.807, 2.05) is 0 Å². The number of carbonyl (C=O) groups excluding carboxylic acids is 2. The molecule has 2 aromatic carbocycles. The maximum Gasteiger partial charge on any atom is 0.269 e. The summed E-state index contributed by atoms with van der Waals surface area (Å²) < 4.78 is 15.8. The molecule has 0 unspecified atom stereocenters. The number of ether oxygens (including phenoxy) is 3. The van der Waals surface area contributed by atoms with Crippen molar-refractivity contribution in [3.05, 3.63) is 58.1 Å². The topological polar surface area (TPSA) is 85.9 Å². The molecular formula is C20H22Cl2N2O5. The van der Waals surface area contributed by atoms with Gasteiger partial charge < -0.3 is 14.2 Å². The highest BCUT2D eigenvalue weighted by Gasteiger charge is 2.08. The third-order valence-corrected chi connectivity index (χ3v) is 4.22. The first-order valence-electron chi connectivity index (χ1n) is 8.88. The van der Waals surface area contributed by atoms with Crippen LogP contribution >= 0.6 is 23.2 Å². The lowest BCUT2D eigenvalue weighted by Crippen LogP contribution is -2.41. The Morgan fingerprint density at radius 2 is 1.69 bits per heavy atom. The van der Waals surface area contributed by atoms with E-state index in [0.29, 0.717) is 53.3 Å². The maximum atomic E-state index is 12.1. The Kier molecular flexibility index (Phi) is 9.56. The molecule has 156 valence electrons. The SMILES string of the molecule is COCCOc1ccc(C(=O)NNC(=O)CCCOc2ccc(Cl)cc2Cl)cc1. The Hall–Kier alpha value is -2.48. The van der Waals surface area contributed by atoms with Gasteiger partial charge in [0.25, 0.3) is 5.91 Å². The highest BCUT2D eigenvalue weighted by atomic mass is 35.5. The van der Waals surface area contributed by atoms with E-state index < -0.39 is 5.91 Å². The Labute approximate surface area is 179 Å². The Balaban J connectivity index is 1.65. The molecule has 0 atom stereocenters. The van der Waals surface area contributed by atoms with Crippen LogP contribution in [-0.2, 0) is 9.53 Å². The highest BCUT2D eigenvalue weighted by molar-refractivity contribution is 6.35. The van der Waals surface area contributed by atoms with Crippen LogP contribution in [-0.4, -0.2) is 38.7 Å². The summed E-state index contributed by atoms with van der Waals surface area (Å²) in [5, 5.41) is 0.926. The van der Waals surface area contributed by atoms with Gasteiger partial charge in [-0.1, -0.05) is 23.2 Å². The number of hydrogen-bond donors (Lipinski definition) is 2. The van der Waals surface area contributed by atoms with E-state index in [4.69, 9.17) is 37.4 Å². The first-order chi connectivity index (χ1) is 14.0. The lowest BCUT2D eigenvalue weighted by molar-refractivity contribution is -0.122. The van der Waals surface area contributed by atoms with Gasteiger partial charge >= 0.3 is 0 Å². The van der Waals surface area contributed by atoms with Crippen LogP contribution in [0.4, 0.5) is 0 Å². The summed E-state index contributed by atoms with van der Waals surface area (Å²) in [6, 6.07) is 11.5. The molecule has 0 radical (unpaired) electrons. The summed E-state index contributed by atoms with van der Waals surface area (Å²) in [4.78, 5) is 23.9. The minimum Gasteiger partial charge on any atom is -0.492 e. The van der Waals surface area contributed by atoms with Crippen LogP contribution in [0.5, 0.6) is 11.5 Å². The minimum absolute atomic E-state index is 0.178. The van der Waals surface area contributed by atoms with Gasteiger partial charge in [-0.05, 0) is 48.9 Å². The number of halogens is 2. The number of hydrazine groups is 1. The number of methoxy groups -OCH3 is 1. The van der Waals surface area contributed by atoms with E-state index in [-0.39, 0.29) is 12.3 Å². The maximum absolute atomic E-state index is 12.1. The molecule has 0 saturated heterocycles. The van der Waals surface area contributed by atoms with Gasteiger partial charge in [-0.2, -0.15) is 0 Å². The molecule has 2 N–H and O–H groups in total. The fourth-order valence-corrected chi connectivity index (χ4v) is 2.68. The molecule has 7 nitrogen and oxygen atoms in total. The van der Waals surface area contributed by atoms with Crippen molar-refractivity contribution in [2.75, 3.05) is 26.9 Å². The van der Waals surface area contributed by atoms with Crippen molar-refractivity contribution < 1.29 is 23.8 Å². The van der Waals surface area contributed by atoms with Gasteiger partial charge in [0.05, 0.1) is 18.2 Å². The summed E-state index contributed by atoms with van der Waals surface area (Å²) in [7, 11) is 1.59. The number of benzene rings is 2. The number of carbonyl (C=O) groups is 2. The predicted molar refractivity (Wildman–Crippen MR) is 111 cm³/mol. The van der Waals surface area contributed by atoms with Crippen LogP contribution in [0.15, 0.2) is 42.5 Å². The van der Waals surface area contributed by atoms with E-state index in [9.17, 15) is 9.59 Å². The summed E-state index contributed by atoms with van der Waals surface area (Å²) >= 11 is 11.8. The number of nitrogens with one attached hydrogen (secondary N) is 2. The molecule has 2 rings (SSSR count). The largest absolute Gasteiger partial charge is 0.492 e. The van der Waals surface area contributed by atoms with Gasteiger partial charge in [-0.25, -0.2) is 0 Å². The van der Waals surface area contributed by atoms with Gasteiger partial charge in [-0.3, -0.25) is 20.4 Å². The highest BCUT2D eigenvalue weighted by Crippen LogP contribution is 2.27. The van der Waals surface area contributed by atoms with Crippen molar-refractivity contribution in [1.82, 2.24) is 10.9 Å². The van der Waals surface area contributed by atoms with E-state index >= 15 is 0 Å². The Bertz CT molecular complexity index is 815. The molecule has 29 heavy (non-hydrogen) atoms. The lowest BCUT2D eigenvalue weighted by atomic mass is 10.2.